The Morgan fingerprint density at radius 3 is 2.47 bits per heavy atom. The number of aldehydes is 1. The molecule has 0 unspecified atom stereocenters. The van der Waals surface area contributed by atoms with Crippen molar-refractivity contribution in [2.24, 2.45) is 10.9 Å². The van der Waals surface area contributed by atoms with E-state index < -0.39 is 17.6 Å². The average Bonchev–Trinajstić information content (AvgIpc) is 3.11. The van der Waals surface area contributed by atoms with Crippen molar-refractivity contribution in [3.63, 3.8) is 0 Å². The number of anilines is 2. The van der Waals surface area contributed by atoms with Crippen LogP contribution in [0.4, 0.5) is 29.2 Å². The van der Waals surface area contributed by atoms with Crippen LogP contribution in [0.1, 0.15) is 43.5 Å². The first-order valence-corrected chi connectivity index (χ1v) is 11.0. The first kappa shape index (κ1) is 25.5. The lowest BCUT2D eigenvalue weighted by molar-refractivity contribution is -0.743. The minimum absolute atomic E-state index is 0.0803. The molecule has 0 radical (unpaired) electrons. The van der Waals surface area contributed by atoms with Crippen LogP contribution in [-0.2, 0) is 0 Å². The standard InChI is InChI=1S/C23H28F4N6O/c1-5-18(24)17(23(25,26)27)10-14(2)19-11-33(3,4)22(31-19)15-6-8-32(9-7-15)21-16(12-34)20(28)29-13-30-21/h10-13,15H,5-9H2,1-4H3,(H-,28,29,30,34)/p+1/b14-10+,18-17-. The fraction of sp³-hybridized carbons (Fsp3) is 0.478. The highest BCUT2D eigenvalue weighted by Gasteiger charge is 2.39. The van der Waals surface area contributed by atoms with Crippen molar-refractivity contribution in [3.8, 4) is 0 Å². The highest BCUT2D eigenvalue weighted by molar-refractivity contribution is 5.89. The molecule has 0 saturated carbocycles. The van der Waals surface area contributed by atoms with E-state index in [1.807, 2.05) is 19.0 Å². The molecule has 2 N–H and O–H groups in total. The van der Waals surface area contributed by atoms with Gasteiger partial charge in [-0.3, -0.25) is 9.28 Å². The molecule has 0 aromatic carbocycles. The van der Waals surface area contributed by atoms with E-state index in [9.17, 15) is 22.4 Å². The van der Waals surface area contributed by atoms with Gasteiger partial charge in [0, 0.05) is 13.1 Å². The zero-order chi connectivity index (χ0) is 25.3. The van der Waals surface area contributed by atoms with Crippen molar-refractivity contribution < 1.29 is 26.8 Å². The van der Waals surface area contributed by atoms with Crippen molar-refractivity contribution in [2.75, 3.05) is 37.8 Å². The molecule has 0 bridgehead atoms. The van der Waals surface area contributed by atoms with Crippen molar-refractivity contribution in [3.05, 3.63) is 46.8 Å². The van der Waals surface area contributed by atoms with E-state index in [4.69, 9.17) is 5.73 Å². The maximum atomic E-state index is 13.9. The van der Waals surface area contributed by atoms with E-state index in [1.165, 1.54) is 20.2 Å². The van der Waals surface area contributed by atoms with Gasteiger partial charge in [0.2, 0.25) is 5.84 Å². The predicted molar refractivity (Wildman–Crippen MR) is 123 cm³/mol. The molecule has 1 aromatic rings. The van der Waals surface area contributed by atoms with Crippen LogP contribution in [0.3, 0.4) is 0 Å². The molecule has 1 fully saturated rings. The number of halogens is 4. The van der Waals surface area contributed by atoms with E-state index in [0.717, 1.165) is 11.9 Å². The van der Waals surface area contributed by atoms with E-state index in [2.05, 4.69) is 15.0 Å². The Balaban J connectivity index is 1.81. The molecule has 1 saturated heterocycles. The molecule has 11 heteroatoms. The van der Waals surface area contributed by atoms with Gasteiger partial charge in [0.1, 0.15) is 35.7 Å². The fourth-order valence-electron chi connectivity index (χ4n) is 4.31. The Kier molecular flexibility index (Phi) is 7.25. The van der Waals surface area contributed by atoms with Gasteiger partial charge < -0.3 is 10.6 Å². The van der Waals surface area contributed by atoms with Crippen molar-refractivity contribution in [1.82, 2.24) is 9.97 Å². The molecule has 0 spiro atoms. The predicted octanol–water partition coefficient (Wildman–Crippen LogP) is 4.56. The molecule has 2 aliphatic heterocycles. The number of alkyl halides is 3. The van der Waals surface area contributed by atoms with Gasteiger partial charge in [-0.2, -0.15) is 18.2 Å². The zero-order valence-corrected chi connectivity index (χ0v) is 19.7. The fourth-order valence-corrected chi connectivity index (χ4v) is 4.31. The van der Waals surface area contributed by atoms with Crippen molar-refractivity contribution in [2.45, 2.75) is 39.3 Å². The minimum Gasteiger partial charge on any atom is -0.383 e. The van der Waals surface area contributed by atoms with Crippen molar-refractivity contribution in [1.29, 1.82) is 0 Å². The monoisotopic (exact) mass is 481 g/mol. The second kappa shape index (κ2) is 9.65. The van der Waals surface area contributed by atoms with Gasteiger partial charge in [-0.05, 0) is 37.8 Å². The maximum absolute atomic E-state index is 13.9. The Morgan fingerprint density at radius 2 is 1.91 bits per heavy atom. The normalized spacial score (nSPS) is 20.1. The molecule has 3 heterocycles. The van der Waals surface area contributed by atoms with Gasteiger partial charge in [-0.1, -0.05) is 6.92 Å². The summed E-state index contributed by atoms with van der Waals surface area (Å²) in [4.78, 5) is 26.2. The molecule has 0 aliphatic carbocycles. The molecular weight excluding hydrogens is 452 g/mol. The molecule has 1 aromatic heterocycles. The zero-order valence-electron chi connectivity index (χ0n) is 19.7. The summed E-state index contributed by atoms with van der Waals surface area (Å²) in [6.07, 6.45) is 0.886. The first-order valence-electron chi connectivity index (χ1n) is 11.0. The Morgan fingerprint density at radius 1 is 1.26 bits per heavy atom. The number of aliphatic imine (C=N–C) groups is 1. The average molecular weight is 482 g/mol. The first-order chi connectivity index (χ1) is 15.9. The molecule has 0 atom stereocenters. The highest BCUT2D eigenvalue weighted by atomic mass is 19.4. The number of aromatic nitrogens is 2. The molecule has 7 nitrogen and oxygen atoms in total. The van der Waals surface area contributed by atoms with Gasteiger partial charge in [0.25, 0.3) is 0 Å². The molecule has 3 rings (SSSR count). The van der Waals surface area contributed by atoms with E-state index in [-0.39, 0.29) is 29.3 Å². The summed E-state index contributed by atoms with van der Waals surface area (Å²) in [5, 5.41) is 0. The SMILES string of the molecule is CC/C(F)=C(\C=C(/C)C1=C[N+](C)(C)C(C2CCN(c3ncnc(N)c3C=O)CC2)=N1)C(F)(F)F. The van der Waals surface area contributed by atoms with E-state index >= 15 is 0 Å². The summed E-state index contributed by atoms with van der Waals surface area (Å²) in [5.41, 5.74) is 5.43. The summed E-state index contributed by atoms with van der Waals surface area (Å²) in [6, 6.07) is 0. The highest BCUT2D eigenvalue weighted by Crippen LogP contribution is 2.36. The van der Waals surface area contributed by atoms with Crippen molar-refractivity contribution >= 4 is 23.8 Å². The number of nitrogen functional groups attached to an aromatic ring is 1. The molecule has 2 aliphatic rings. The molecule has 184 valence electrons. The van der Waals surface area contributed by atoms with Crippen LogP contribution in [0.15, 0.2) is 46.3 Å². The second-order valence-electron chi connectivity index (χ2n) is 8.90. The smallest absolute Gasteiger partial charge is 0.383 e. The lowest BCUT2D eigenvalue weighted by atomic mass is 9.94. The number of carbonyl (C=O) groups excluding carboxylic acids is 1. The summed E-state index contributed by atoms with van der Waals surface area (Å²) < 4.78 is 54.2. The number of carbonyl (C=O) groups is 1. The number of hydrogen-bond donors (Lipinski definition) is 1. The number of rotatable bonds is 6. The topological polar surface area (TPSA) is 84.5 Å². The van der Waals surface area contributed by atoms with Gasteiger partial charge in [0.05, 0.1) is 31.1 Å². The van der Waals surface area contributed by atoms with E-state index in [0.29, 0.717) is 48.2 Å². The van der Waals surface area contributed by atoms with Crippen LogP contribution in [0.2, 0.25) is 0 Å². The summed E-state index contributed by atoms with van der Waals surface area (Å²) in [6.45, 7) is 4.06. The number of amidine groups is 1. The van der Waals surface area contributed by atoms with Gasteiger partial charge in [-0.25, -0.2) is 14.4 Å². The van der Waals surface area contributed by atoms with E-state index in [1.54, 1.807) is 6.20 Å². The van der Waals surface area contributed by atoms with Crippen LogP contribution >= 0.6 is 0 Å². The van der Waals surface area contributed by atoms with Gasteiger partial charge >= 0.3 is 6.18 Å². The number of piperidine rings is 1. The Hall–Kier alpha value is -3.08. The number of quaternary nitrogens is 1. The molecule has 0 amide bonds. The summed E-state index contributed by atoms with van der Waals surface area (Å²) in [7, 11) is 3.82. The second-order valence-corrected chi connectivity index (χ2v) is 8.90. The number of nitrogens with zero attached hydrogens (tertiary/aromatic N) is 5. The third-order valence-electron chi connectivity index (χ3n) is 6.11. The van der Waals surface area contributed by atoms with Crippen LogP contribution in [0.5, 0.6) is 0 Å². The Bertz CT molecular complexity index is 1080. The number of hydrogen-bond acceptors (Lipinski definition) is 6. The largest absolute Gasteiger partial charge is 0.418 e. The van der Waals surface area contributed by atoms with Crippen LogP contribution in [0.25, 0.3) is 0 Å². The third kappa shape index (κ3) is 5.19. The summed E-state index contributed by atoms with van der Waals surface area (Å²) in [5.74, 6) is 0.328. The molecular formula is C23H29F4N6O+. The number of nitrogens with two attached hydrogens (primary N) is 1. The summed E-state index contributed by atoms with van der Waals surface area (Å²) >= 11 is 0. The quantitative estimate of drug-likeness (QED) is 0.279. The van der Waals surface area contributed by atoms with Gasteiger partial charge in [-0.15, -0.1) is 0 Å². The number of allylic oxidation sites excluding steroid dienone is 4. The maximum Gasteiger partial charge on any atom is 0.418 e. The van der Waals surface area contributed by atoms with Crippen LogP contribution in [-0.4, -0.2) is 59.9 Å². The lowest BCUT2D eigenvalue weighted by Gasteiger charge is -2.35. The third-order valence-corrected chi connectivity index (χ3v) is 6.11. The van der Waals surface area contributed by atoms with Crippen LogP contribution in [0, 0.1) is 5.92 Å². The van der Waals surface area contributed by atoms with Gasteiger partial charge in [0.15, 0.2) is 6.29 Å². The van der Waals surface area contributed by atoms with Crippen LogP contribution < -0.4 is 10.6 Å². The molecule has 34 heavy (non-hydrogen) atoms. The Labute approximate surface area is 196 Å². The minimum atomic E-state index is -4.78. The lowest BCUT2D eigenvalue weighted by Crippen LogP contribution is -2.46.